The largest absolute Gasteiger partial charge is 0.495 e. The summed E-state index contributed by atoms with van der Waals surface area (Å²) >= 11 is 3.62. The van der Waals surface area contributed by atoms with E-state index in [1.54, 1.807) is 0 Å². The van der Waals surface area contributed by atoms with E-state index in [9.17, 15) is 31.1 Å². The number of anilines is 2. The predicted octanol–water partition coefficient (Wildman–Crippen LogP) is 5.69. The second kappa shape index (κ2) is 9.63. The average Bonchev–Trinajstić information content (AvgIpc) is 3.22. The Morgan fingerprint density at radius 2 is 1.94 bits per heavy atom. The molecular formula is C19H13ClF4N2O5S2. The molecule has 0 saturated heterocycles. The summed E-state index contributed by atoms with van der Waals surface area (Å²) in [5.41, 5.74) is -2.13. The fourth-order valence-corrected chi connectivity index (χ4v) is 4.47. The van der Waals surface area contributed by atoms with Crippen LogP contribution in [-0.2, 0) is 22.2 Å². The van der Waals surface area contributed by atoms with E-state index < -0.39 is 40.4 Å². The molecule has 1 heterocycles. The molecule has 0 bridgehead atoms. The summed E-state index contributed by atoms with van der Waals surface area (Å²) in [6, 6.07) is 4.83. The van der Waals surface area contributed by atoms with E-state index in [-0.39, 0.29) is 32.8 Å². The highest BCUT2D eigenvalue weighted by molar-refractivity contribution is 7.81. The van der Waals surface area contributed by atoms with Gasteiger partial charge in [0.1, 0.15) is 22.3 Å². The Hall–Kier alpha value is -2.74. The van der Waals surface area contributed by atoms with Crippen molar-refractivity contribution in [3.63, 3.8) is 0 Å². The first kappa shape index (κ1) is 24.9. The van der Waals surface area contributed by atoms with Gasteiger partial charge in [-0.2, -0.15) is 13.2 Å². The SMILES string of the molecule is COC(=O)c1cc(OC)c(N(c2csc(-c3ccc(Cl)cc3C(F)(F)F)n2)S(=O)O)cc1F. The lowest BCUT2D eigenvalue weighted by molar-refractivity contribution is -0.137. The molecule has 0 radical (unpaired) electrons. The maximum absolute atomic E-state index is 14.5. The molecule has 0 amide bonds. The van der Waals surface area contributed by atoms with Crippen LogP contribution in [0, 0.1) is 5.82 Å². The number of benzene rings is 2. The Kier molecular flexibility index (Phi) is 7.26. The Morgan fingerprint density at radius 1 is 1.24 bits per heavy atom. The Labute approximate surface area is 195 Å². The first-order valence-corrected chi connectivity index (χ1v) is 11.0. The molecule has 1 aromatic heterocycles. The van der Waals surface area contributed by atoms with Gasteiger partial charge in [0.15, 0.2) is 5.82 Å². The zero-order valence-electron chi connectivity index (χ0n) is 16.6. The van der Waals surface area contributed by atoms with Crippen molar-refractivity contribution in [1.82, 2.24) is 4.98 Å². The summed E-state index contributed by atoms with van der Waals surface area (Å²) in [4.78, 5) is 15.8. The van der Waals surface area contributed by atoms with E-state index in [4.69, 9.17) is 16.3 Å². The number of hydrogen-bond donors (Lipinski definition) is 1. The van der Waals surface area contributed by atoms with Gasteiger partial charge in [-0.15, -0.1) is 11.3 Å². The Bertz CT molecular complexity index is 1240. The van der Waals surface area contributed by atoms with E-state index in [1.807, 2.05) is 0 Å². The minimum absolute atomic E-state index is 0.130. The second-order valence-electron chi connectivity index (χ2n) is 6.22. The zero-order valence-corrected chi connectivity index (χ0v) is 19.0. The molecule has 0 spiro atoms. The number of halogens is 5. The molecule has 1 atom stereocenters. The summed E-state index contributed by atoms with van der Waals surface area (Å²) in [6.45, 7) is 0. The van der Waals surface area contributed by atoms with E-state index in [0.29, 0.717) is 4.31 Å². The summed E-state index contributed by atoms with van der Waals surface area (Å²) < 4.78 is 87.1. The second-order valence-corrected chi connectivity index (χ2v) is 8.34. The maximum Gasteiger partial charge on any atom is 0.417 e. The van der Waals surface area contributed by atoms with E-state index >= 15 is 0 Å². The molecule has 1 unspecified atom stereocenters. The Balaban J connectivity index is 2.14. The molecule has 0 saturated carbocycles. The Morgan fingerprint density at radius 3 is 2.52 bits per heavy atom. The summed E-state index contributed by atoms with van der Waals surface area (Å²) in [7, 11) is 2.21. The lowest BCUT2D eigenvalue weighted by Crippen LogP contribution is -2.21. The van der Waals surface area contributed by atoms with Crippen molar-refractivity contribution in [3.05, 3.63) is 57.7 Å². The number of hydrogen-bond acceptors (Lipinski definition) is 6. The molecule has 176 valence electrons. The van der Waals surface area contributed by atoms with Crippen LogP contribution in [0.25, 0.3) is 10.6 Å². The standard InChI is InChI=1S/C19H13ClF4N2O5S2/c1-30-15-6-11(18(27)31-2)13(21)7-14(15)26(33(28)29)16-8-32-17(25-16)10-4-3-9(20)5-12(10)19(22,23)24/h3-8H,1-2H3,(H,28,29). The van der Waals surface area contributed by atoms with Crippen LogP contribution in [0.1, 0.15) is 15.9 Å². The van der Waals surface area contributed by atoms with Crippen LogP contribution in [0.3, 0.4) is 0 Å². The lowest BCUT2D eigenvalue weighted by atomic mass is 10.1. The van der Waals surface area contributed by atoms with Gasteiger partial charge in [0.05, 0.1) is 25.3 Å². The highest BCUT2D eigenvalue weighted by Gasteiger charge is 2.35. The number of nitrogens with zero attached hydrogens (tertiary/aromatic N) is 2. The van der Waals surface area contributed by atoms with Gasteiger partial charge in [-0.1, -0.05) is 11.6 Å². The fourth-order valence-electron chi connectivity index (χ4n) is 2.84. The minimum Gasteiger partial charge on any atom is -0.495 e. The van der Waals surface area contributed by atoms with Gasteiger partial charge in [-0.3, -0.25) is 4.55 Å². The van der Waals surface area contributed by atoms with Crippen LogP contribution in [-0.4, -0.2) is 33.9 Å². The van der Waals surface area contributed by atoms with E-state index in [0.717, 1.165) is 42.7 Å². The predicted molar refractivity (Wildman–Crippen MR) is 115 cm³/mol. The van der Waals surface area contributed by atoms with Gasteiger partial charge in [-0.25, -0.2) is 22.7 Å². The molecule has 3 aromatic rings. The smallest absolute Gasteiger partial charge is 0.417 e. The molecule has 7 nitrogen and oxygen atoms in total. The quantitative estimate of drug-likeness (QED) is 0.253. The number of alkyl halides is 3. The van der Waals surface area contributed by atoms with Crippen molar-refractivity contribution in [3.8, 4) is 16.3 Å². The molecule has 33 heavy (non-hydrogen) atoms. The molecule has 0 fully saturated rings. The summed E-state index contributed by atoms with van der Waals surface area (Å²) in [6.07, 6.45) is -4.73. The molecule has 0 aliphatic heterocycles. The van der Waals surface area contributed by atoms with Gasteiger partial charge < -0.3 is 9.47 Å². The van der Waals surface area contributed by atoms with Crippen LogP contribution >= 0.6 is 22.9 Å². The third-order valence-corrected chi connectivity index (χ3v) is 6.06. The van der Waals surface area contributed by atoms with Crippen molar-refractivity contribution < 1.29 is 40.6 Å². The zero-order chi connectivity index (χ0) is 24.5. The van der Waals surface area contributed by atoms with Gasteiger partial charge >= 0.3 is 12.1 Å². The normalized spacial score (nSPS) is 12.4. The van der Waals surface area contributed by atoms with Crippen LogP contribution in [0.15, 0.2) is 35.7 Å². The first-order chi connectivity index (χ1) is 15.5. The number of carbonyl (C=O) groups is 1. The van der Waals surface area contributed by atoms with Gasteiger partial charge in [0.25, 0.3) is 11.3 Å². The fraction of sp³-hybridized carbons (Fsp3) is 0.158. The van der Waals surface area contributed by atoms with Crippen molar-refractivity contribution in [2.45, 2.75) is 6.18 Å². The summed E-state index contributed by atoms with van der Waals surface area (Å²) in [5, 5.41) is 0.950. The number of rotatable bonds is 6. The third-order valence-electron chi connectivity index (χ3n) is 4.27. The van der Waals surface area contributed by atoms with Crippen LogP contribution in [0.5, 0.6) is 5.75 Å². The average molecular weight is 525 g/mol. The molecule has 2 aromatic carbocycles. The number of thiazole rings is 1. The van der Waals surface area contributed by atoms with Gasteiger partial charge in [0, 0.05) is 22.0 Å². The highest BCUT2D eigenvalue weighted by atomic mass is 35.5. The van der Waals surface area contributed by atoms with E-state index in [1.165, 1.54) is 18.6 Å². The van der Waals surface area contributed by atoms with Crippen LogP contribution in [0.4, 0.5) is 29.1 Å². The molecule has 3 rings (SSSR count). The molecule has 1 N–H and O–H groups in total. The van der Waals surface area contributed by atoms with Crippen LogP contribution < -0.4 is 9.04 Å². The first-order valence-electron chi connectivity index (χ1n) is 8.67. The highest BCUT2D eigenvalue weighted by Crippen LogP contribution is 2.42. The number of methoxy groups -OCH3 is 2. The molecular weight excluding hydrogens is 512 g/mol. The summed E-state index contributed by atoms with van der Waals surface area (Å²) in [5.74, 6) is -2.54. The minimum atomic E-state index is -4.73. The lowest BCUT2D eigenvalue weighted by Gasteiger charge is -2.20. The number of ether oxygens (including phenoxy) is 2. The number of esters is 1. The van der Waals surface area contributed by atoms with Gasteiger partial charge in [-0.05, 0) is 24.3 Å². The van der Waals surface area contributed by atoms with Crippen molar-refractivity contribution >= 4 is 51.7 Å². The monoisotopic (exact) mass is 524 g/mol. The number of carbonyl (C=O) groups excluding carboxylic acids is 1. The maximum atomic E-state index is 14.5. The van der Waals surface area contributed by atoms with E-state index in [2.05, 4.69) is 9.72 Å². The molecule has 0 aliphatic rings. The topological polar surface area (TPSA) is 89.0 Å². The van der Waals surface area contributed by atoms with Gasteiger partial charge in [0.2, 0.25) is 0 Å². The third kappa shape index (κ3) is 5.11. The van der Waals surface area contributed by atoms with Crippen molar-refractivity contribution in [1.29, 1.82) is 0 Å². The van der Waals surface area contributed by atoms with Crippen LogP contribution in [0.2, 0.25) is 5.02 Å². The van der Waals surface area contributed by atoms with Crippen molar-refractivity contribution in [2.75, 3.05) is 18.5 Å². The van der Waals surface area contributed by atoms with Crippen molar-refractivity contribution in [2.24, 2.45) is 0 Å². The molecule has 0 aliphatic carbocycles. The molecule has 14 heteroatoms. The number of aromatic nitrogens is 1.